The summed E-state index contributed by atoms with van der Waals surface area (Å²) >= 11 is 0. The third-order valence-corrected chi connectivity index (χ3v) is 14.9. The fourth-order valence-corrected chi connectivity index (χ4v) is 9.92. The van der Waals surface area contributed by atoms with Gasteiger partial charge < -0.3 is 14.2 Å². The maximum atomic E-state index is 12.9. The molecule has 0 bridgehead atoms. The maximum Gasteiger partial charge on any atom is 0.306 e. The van der Waals surface area contributed by atoms with Crippen LogP contribution in [0.3, 0.4) is 0 Å². The van der Waals surface area contributed by atoms with Crippen molar-refractivity contribution in [2.45, 2.75) is 367 Å². The molecule has 0 saturated heterocycles. The van der Waals surface area contributed by atoms with E-state index in [9.17, 15) is 14.4 Å². The second kappa shape index (κ2) is 63.2. The quantitative estimate of drug-likeness (QED) is 0.0261. The first-order chi connectivity index (χ1) is 36.5. The Morgan fingerprint density at radius 1 is 0.270 bits per heavy atom. The van der Waals surface area contributed by atoms with Crippen molar-refractivity contribution in [3.63, 3.8) is 0 Å². The highest BCUT2D eigenvalue weighted by Crippen LogP contribution is 2.18. The van der Waals surface area contributed by atoms with E-state index in [1.54, 1.807) is 0 Å². The molecule has 0 radical (unpaired) electrons. The highest BCUT2D eigenvalue weighted by atomic mass is 16.6. The second-order valence-corrected chi connectivity index (χ2v) is 22.4. The summed E-state index contributed by atoms with van der Waals surface area (Å²) < 4.78 is 16.9. The molecule has 1 atom stereocenters. The number of carbonyl (C=O) groups is 3. The minimum atomic E-state index is -0.772. The van der Waals surface area contributed by atoms with E-state index >= 15 is 0 Å². The lowest BCUT2D eigenvalue weighted by Crippen LogP contribution is -2.30. The number of carbonyl (C=O) groups excluding carboxylic acids is 3. The van der Waals surface area contributed by atoms with Crippen LogP contribution in [-0.2, 0) is 28.6 Å². The molecule has 0 aliphatic heterocycles. The Hall–Kier alpha value is -2.37. The summed E-state index contributed by atoms with van der Waals surface area (Å²) in [6.07, 6.45) is 77.4. The zero-order valence-corrected chi connectivity index (χ0v) is 49.9. The monoisotopic (exact) mass is 1040 g/mol. The summed E-state index contributed by atoms with van der Waals surface area (Å²) in [6.45, 7) is 6.66. The summed E-state index contributed by atoms with van der Waals surface area (Å²) in [4.78, 5) is 38.2. The first kappa shape index (κ1) is 71.6. The first-order valence-corrected chi connectivity index (χ1v) is 33.0. The molecule has 0 saturated carbocycles. The predicted molar refractivity (Wildman–Crippen MR) is 321 cm³/mol. The van der Waals surface area contributed by atoms with Gasteiger partial charge in [0.15, 0.2) is 6.10 Å². The number of unbranched alkanes of at least 4 members (excludes halogenated alkanes) is 44. The summed E-state index contributed by atoms with van der Waals surface area (Å²) in [6, 6.07) is 0. The number of rotatable bonds is 61. The zero-order valence-electron chi connectivity index (χ0n) is 49.9. The second-order valence-electron chi connectivity index (χ2n) is 22.4. The molecule has 1 unspecified atom stereocenters. The van der Waals surface area contributed by atoms with Gasteiger partial charge in [-0.1, -0.05) is 320 Å². The van der Waals surface area contributed by atoms with Crippen molar-refractivity contribution in [2.24, 2.45) is 0 Å². The third kappa shape index (κ3) is 60.5. The molecule has 0 aliphatic carbocycles. The predicted octanol–water partition coefficient (Wildman–Crippen LogP) is 22.4. The van der Waals surface area contributed by atoms with Gasteiger partial charge in [-0.05, 0) is 57.8 Å². The summed E-state index contributed by atoms with van der Waals surface area (Å²) in [5.41, 5.74) is 0. The Labute approximate surface area is 461 Å². The molecule has 0 aliphatic rings. The number of ether oxygens (including phenoxy) is 3. The minimum Gasteiger partial charge on any atom is -0.462 e. The molecule has 0 amide bonds. The molecule has 74 heavy (non-hydrogen) atoms. The molecule has 6 heteroatoms. The molecule has 0 spiro atoms. The van der Waals surface area contributed by atoms with Gasteiger partial charge in [0.2, 0.25) is 0 Å². The Bertz CT molecular complexity index is 1240. The molecule has 0 N–H and O–H groups in total. The first-order valence-electron chi connectivity index (χ1n) is 33.0. The van der Waals surface area contributed by atoms with Crippen LogP contribution in [-0.4, -0.2) is 37.2 Å². The van der Waals surface area contributed by atoms with Crippen molar-refractivity contribution in [1.82, 2.24) is 0 Å². The molecule has 434 valence electrons. The largest absolute Gasteiger partial charge is 0.462 e. The third-order valence-electron chi connectivity index (χ3n) is 14.9. The highest BCUT2D eigenvalue weighted by molar-refractivity contribution is 5.71. The van der Waals surface area contributed by atoms with Crippen LogP contribution >= 0.6 is 0 Å². The Balaban J connectivity index is 4.17. The van der Waals surface area contributed by atoms with Gasteiger partial charge in [-0.15, -0.1) is 0 Å². The van der Waals surface area contributed by atoms with Crippen molar-refractivity contribution in [2.75, 3.05) is 13.2 Å². The van der Waals surface area contributed by atoms with E-state index < -0.39 is 6.10 Å². The molecule has 0 aromatic heterocycles. The normalized spacial score (nSPS) is 12.2. The van der Waals surface area contributed by atoms with E-state index in [1.165, 1.54) is 244 Å². The summed E-state index contributed by atoms with van der Waals surface area (Å²) in [5.74, 6) is -0.857. The van der Waals surface area contributed by atoms with E-state index in [0.29, 0.717) is 19.3 Å². The van der Waals surface area contributed by atoms with E-state index in [1.807, 2.05) is 0 Å². The molecule has 0 aromatic rings. The number of allylic oxidation sites excluding steroid dienone is 6. The van der Waals surface area contributed by atoms with E-state index in [4.69, 9.17) is 14.2 Å². The van der Waals surface area contributed by atoms with Gasteiger partial charge in [0, 0.05) is 19.3 Å². The van der Waals surface area contributed by atoms with Gasteiger partial charge in [-0.25, -0.2) is 0 Å². The van der Waals surface area contributed by atoms with Gasteiger partial charge in [0.25, 0.3) is 0 Å². The van der Waals surface area contributed by atoms with Crippen LogP contribution in [0.4, 0.5) is 0 Å². The molecule has 0 aromatic carbocycles. The van der Waals surface area contributed by atoms with E-state index in [0.717, 1.165) is 77.0 Å². The van der Waals surface area contributed by atoms with Crippen LogP contribution < -0.4 is 0 Å². The van der Waals surface area contributed by atoms with Gasteiger partial charge in [0.05, 0.1) is 0 Å². The maximum absolute atomic E-state index is 12.9. The van der Waals surface area contributed by atoms with E-state index in [-0.39, 0.29) is 31.1 Å². The Kier molecular flexibility index (Phi) is 61.1. The molecular weight excluding hydrogens is 913 g/mol. The fourth-order valence-electron chi connectivity index (χ4n) is 9.92. The minimum absolute atomic E-state index is 0.0701. The Morgan fingerprint density at radius 3 is 0.757 bits per heavy atom. The standard InChI is InChI=1S/C68H126O6/c1-4-7-10-13-16-19-21-23-25-27-29-31-33-35-36-38-40-42-44-46-49-52-55-58-61-67(70)73-64-65(63-72-66(69)60-57-54-51-48-18-15-12-9-6-3)74-68(71)62-59-56-53-50-47-45-43-41-39-37-34-32-30-28-26-24-22-20-17-14-11-8-5-2/h22,24,28,30,34,37,65H,4-21,23,25-27,29,31-33,35-36,38-64H2,1-3H3/b24-22-,30-28-,37-34-. The van der Waals surface area contributed by atoms with Gasteiger partial charge >= 0.3 is 17.9 Å². The number of hydrogen-bond acceptors (Lipinski definition) is 6. The SMILES string of the molecule is CCCCCCC/C=C\C/C=C\C/C=C\CCCCCCCCCCC(=O)OC(COC(=O)CCCCCCCCCCC)COC(=O)CCCCCCCCCCCCCCCCCCCCCCCCCC. The lowest BCUT2D eigenvalue weighted by Gasteiger charge is -2.18. The molecule has 6 nitrogen and oxygen atoms in total. The molecule has 0 rings (SSSR count). The number of esters is 3. The van der Waals surface area contributed by atoms with Gasteiger partial charge in [-0.2, -0.15) is 0 Å². The van der Waals surface area contributed by atoms with Crippen LogP contribution in [0.1, 0.15) is 361 Å². The lowest BCUT2D eigenvalue weighted by molar-refractivity contribution is -0.167. The van der Waals surface area contributed by atoms with Crippen LogP contribution in [0.15, 0.2) is 36.5 Å². The highest BCUT2D eigenvalue weighted by Gasteiger charge is 2.19. The number of hydrogen-bond donors (Lipinski definition) is 0. The fraction of sp³-hybridized carbons (Fsp3) is 0.868. The van der Waals surface area contributed by atoms with Crippen molar-refractivity contribution >= 4 is 17.9 Å². The topological polar surface area (TPSA) is 78.9 Å². The molecule has 0 heterocycles. The molecular formula is C68H126O6. The average Bonchev–Trinajstić information content (AvgIpc) is 3.40. The lowest BCUT2D eigenvalue weighted by atomic mass is 10.0. The average molecular weight is 1040 g/mol. The Morgan fingerprint density at radius 2 is 0.486 bits per heavy atom. The van der Waals surface area contributed by atoms with Crippen molar-refractivity contribution in [3.8, 4) is 0 Å². The van der Waals surface area contributed by atoms with Crippen LogP contribution in [0.2, 0.25) is 0 Å². The van der Waals surface area contributed by atoms with Crippen LogP contribution in [0, 0.1) is 0 Å². The van der Waals surface area contributed by atoms with Crippen molar-refractivity contribution in [1.29, 1.82) is 0 Å². The van der Waals surface area contributed by atoms with Crippen LogP contribution in [0.25, 0.3) is 0 Å². The van der Waals surface area contributed by atoms with Crippen LogP contribution in [0.5, 0.6) is 0 Å². The van der Waals surface area contributed by atoms with Crippen molar-refractivity contribution < 1.29 is 28.6 Å². The van der Waals surface area contributed by atoms with Gasteiger partial charge in [-0.3, -0.25) is 14.4 Å². The summed E-state index contributed by atoms with van der Waals surface area (Å²) in [5, 5.41) is 0. The zero-order chi connectivity index (χ0) is 53.6. The van der Waals surface area contributed by atoms with Gasteiger partial charge in [0.1, 0.15) is 13.2 Å². The smallest absolute Gasteiger partial charge is 0.306 e. The van der Waals surface area contributed by atoms with Crippen molar-refractivity contribution in [3.05, 3.63) is 36.5 Å². The van der Waals surface area contributed by atoms with E-state index in [2.05, 4.69) is 57.2 Å². The summed E-state index contributed by atoms with van der Waals surface area (Å²) in [7, 11) is 0. The molecule has 0 fully saturated rings.